The van der Waals surface area contributed by atoms with Gasteiger partial charge in [-0.3, -0.25) is 4.79 Å². The van der Waals surface area contributed by atoms with Crippen molar-refractivity contribution in [3.63, 3.8) is 0 Å². The van der Waals surface area contributed by atoms with Crippen molar-refractivity contribution in [2.24, 2.45) is 0 Å². The van der Waals surface area contributed by atoms with Gasteiger partial charge in [0, 0.05) is 25.8 Å². The second-order valence-corrected chi connectivity index (χ2v) is 7.62. The molecule has 0 saturated carbocycles. The minimum atomic E-state index is -0.196. The van der Waals surface area contributed by atoms with E-state index < -0.39 is 0 Å². The van der Waals surface area contributed by atoms with Crippen LogP contribution >= 0.6 is 23.4 Å². The lowest BCUT2D eigenvalue weighted by Gasteiger charge is -2.17. The molecule has 4 heterocycles. The summed E-state index contributed by atoms with van der Waals surface area (Å²) in [6, 6.07) is 3.24. The molecule has 8 nitrogen and oxygen atoms in total. The maximum atomic E-state index is 12.2. The van der Waals surface area contributed by atoms with Crippen LogP contribution in [0, 0.1) is 0 Å². The molecule has 3 aromatic rings. The average molecular weight is 418 g/mol. The molecule has 0 unspecified atom stereocenters. The van der Waals surface area contributed by atoms with E-state index in [9.17, 15) is 4.79 Å². The number of nitrogens with one attached hydrogen (secondary N) is 1. The van der Waals surface area contributed by atoms with E-state index in [4.69, 9.17) is 16.6 Å². The number of hydrogen-bond donors (Lipinski definition) is 1. The van der Waals surface area contributed by atoms with Crippen molar-refractivity contribution >= 4 is 46.1 Å². The van der Waals surface area contributed by atoms with Crippen LogP contribution in [0.1, 0.15) is 23.2 Å². The van der Waals surface area contributed by atoms with Gasteiger partial charge >= 0.3 is 0 Å². The number of carbonyl (C=O) groups excluding carboxylic acids is 1. The fourth-order valence-corrected chi connectivity index (χ4v) is 3.70. The highest BCUT2D eigenvalue weighted by Crippen LogP contribution is 2.28. The number of hydrogen-bond acceptors (Lipinski definition) is 7. The first-order chi connectivity index (χ1) is 13.7. The Balaban J connectivity index is 1.50. The van der Waals surface area contributed by atoms with Gasteiger partial charge in [-0.25, -0.2) is 19.6 Å². The molecule has 1 fully saturated rings. The Kier molecular flexibility index (Phi) is 5.63. The van der Waals surface area contributed by atoms with Crippen LogP contribution in [0.3, 0.4) is 0 Å². The predicted octanol–water partition coefficient (Wildman–Crippen LogP) is 2.63. The molecule has 4 rings (SSSR count). The summed E-state index contributed by atoms with van der Waals surface area (Å²) in [5.74, 6) is 0.757. The SMILES string of the molecule is CSc1nc(N2CCCC2)c2cnn(CCNC(=O)c3ccc(Cl)nc3)c2n1. The lowest BCUT2D eigenvalue weighted by molar-refractivity contribution is 0.0951. The van der Waals surface area contributed by atoms with Crippen LogP contribution in [0.5, 0.6) is 0 Å². The van der Waals surface area contributed by atoms with Crippen molar-refractivity contribution in [2.45, 2.75) is 24.5 Å². The molecule has 1 saturated heterocycles. The molecule has 0 aliphatic carbocycles. The molecule has 0 atom stereocenters. The number of halogens is 1. The van der Waals surface area contributed by atoms with Gasteiger partial charge in [0.15, 0.2) is 10.8 Å². The van der Waals surface area contributed by atoms with Crippen molar-refractivity contribution in [1.29, 1.82) is 0 Å². The number of anilines is 1. The summed E-state index contributed by atoms with van der Waals surface area (Å²) < 4.78 is 1.82. The van der Waals surface area contributed by atoms with Gasteiger partial charge in [-0.2, -0.15) is 5.10 Å². The zero-order chi connectivity index (χ0) is 19.5. The van der Waals surface area contributed by atoms with Crippen molar-refractivity contribution in [3.8, 4) is 0 Å². The first-order valence-electron chi connectivity index (χ1n) is 9.08. The van der Waals surface area contributed by atoms with E-state index in [1.807, 2.05) is 17.1 Å². The Morgan fingerprint density at radius 1 is 1.25 bits per heavy atom. The molecular weight excluding hydrogens is 398 g/mol. The number of carbonyl (C=O) groups is 1. The number of aromatic nitrogens is 5. The molecule has 10 heteroatoms. The van der Waals surface area contributed by atoms with Crippen molar-refractivity contribution in [3.05, 3.63) is 35.2 Å². The number of rotatable bonds is 6. The third-order valence-corrected chi connectivity index (χ3v) is 5.41. The minimum absolute atomic E-state index is 0.196. The van der Waals surface area contributed by atoms with E-state index in [1.165, 1.54) is 30.8 Å². The van der Waals surface area contributed by atoms with E-state index in [0.29, 0.717) is 23.8 Å². The summed E-state index contributed by atoms with van der Waals surface area (Å²) in [7, 11) is 0. The van der Waals surface area contributed by atoms with E-state index in [1.54, 1.807) is 12.1 Å². The highest BCUT2D eigenvalue weighted by atomic mass is 35.5. The molecule has 1 amide bonds. The molecule has 1 aliphatic rings. The number of pyridine rings is 1. The predicted molar refractivity (Wildman–Crippen MR) is 110 cm³/mol. The fourth-order valence-electron chi connectivity index (χ4n) is 3.23. The summed E-state index contributed by atoms with van der Waals surface area (Å²) in [5, 5.41) is 9.40. The summed E-state index contributed by atoms with van der Waals surface area (Å²) in [6.07, 6.45) is 7.61. The minimum Gasteiger partial charge on any atom is -0.356 e. The van der Waals surface area contributed by atoms with Gasteiger partial charge in [0.2, 0.25) is 0 Å². The second kappa shape index (κ2) is 8.32. The zero-order valence-corrected chi connectivity index (χ0v) is 17.0. The van der Waals surface area contributed by atoms with Crippen LogP contribution < -0.4 is 10.2 Å². The number of thioether (sulfide) groups is 1. The first-order valence-corrected chi connectivity index (χ1v) is 10.7. The van der Waals surface area contributed by atoms with Gasteiger partial charge in [0.1, 0.15) is 11.0 Å². The van der Waals surface area contributed by atoms with E-state index >= 15 is 0 Å². The van der Waals surface area contributed by atoms with Crippen LogP contribution in [-0.2, 0) is 6.54 Å². The van der Waals surface area contributed by atoms with Gasteiger partial charge in [-0.1, -0.05) is 23.4 Å². The molecule has 28 heavy (non-hydrogen) atoms. The number of fused-ring (bicyclic) bond motifs is 1. The van der Waals surface area contributed by atoms with Crippen molar-refractivity contribution in [2.75, 3.05) is 30.8 Å². The van der Waals surface area contributed by atoms with Crippen LogP contribution in [0.2, 0.25) is 5.15 Å². The van der Waals surface area contributed by atoms with Gasteiger partial charge in [-0.05, 0) is 31.2 Å². The highest BCUT2D eigenvalue weighted by molar-refractivity contribution is 7.98. The van der Waals surface area contributed by atoms with Crippen molar-refractivity contribution < 1.29 is 4.79 Å². The third kappa shape index (κ3) is 3.90. The van der Waals surface area contributed by atoms with E-state index in [0.717, 1.165) is 35.1 Å². The Hall–Kier alpha value is -2.39. The van der Waals surface area contributed by atoms with Gasteiger partial charge in [0.25, 0.3) is 5.91 Å². The Morgan fingerprint density at radius 2 is 2.07 bits per heavy atom. The summed E-state index contributed by atoms with van der Waals surface area (Å²) in [5.41, 5.74) is 1.27. The quantitative estimate of drug-likeness (QED) is 0.374. The van der Waals surface area contributed by atoms with Gasteiger partial charge in [-0.15, -0.1) is 0 Å². The second-order valence-electron chi connectivity index (χ2n) is 6.46. The Bertz CT molecular complexity index is 986. The normalized spacial score (nSPS) is 14.0. The highest BCUT2D eigenvalue weighted by Gasteiger charge is 2.20. The van der Waals surface area contributed by atoms with Crippen LogP contribution in [-0.4, -0.2) is 56.5 Å². The number of amides is 1. The molecule has 146 valence electrons. The number of nitrogens with zero attached hydrogens (tertiary/aromatic N) is 6. The standard InChI is InChI=1S/C18H20ClN7OS/c1-28-18-23-15(25-7-2-3-8-25)13-11-22-26(16(13)24-18)9-6-20-17(27)12-4-5-14(19)21-10-12/h4-5,10-11H,2-3,6-9H2,1H3,(H,20,27). The smallest absolute Gasteiger partial charge is 0.252 e. The first kappa shape index (κ1) is 18.9. The molecule has 0 radical (unpaired) electrons. The van der Waals surface area contributed by atoms with Crippen molar-refractivity contribution in [1.82, 2.24) is 30.0 Å². The van der Waals surface area contributed by atoms with Crippen LogP contribution in [0.4, 0.5) is 5.82 Å². The monoisotopic (exact) mass is 417 g/mol. The van der Waals surface area contributed by atoms with E-state index in [-0.39, 0.29) is 5.91 Å². The molecule has 3 aromatic heterocycles. The van der Waals surface area contributed by atoms with E-state index in [2.05, 4.69) is 25.3 Å². The third-order valence-electron chi connectivity index (χ3n) is 4.64. The lowest BCUT2D eigenvalue weighted by atomic mass is 10.3. The Labute approximate surface area is 171 Å². The van der Waals surface area contributed by atoms with Gasteiger partial charge < -0.3 is 10.2 Å². The fraction of sp³-hybridized carbons (Fsp3) is 0.389. The Morgan fingerprint density at radius 3 is 2.79 bits per heavy atom. The molecule has 0 spiro atoms. The van der Waals surface area contributed by atoms with Crippen LogP contribution in [0.25, 0.3) is 11.0 Å². The lowest BCUT2D eigenvalue weighted by Crippen LogP contribution is -2.27. The molecule has 0 aromatic carbocycles. The molecule has 1 N–H and O–H groups in total. The largest absolute Gasteiger partial charge is 0.356 e. The van der Waals surface area contributed by atoms with Crippen LogP contribution in [0.15, 0.2) is 29.7 Å². The maximum absolute atomic E-state index is 12.2. The summed E-state index contributed by atoms with van der Waals surface area (Å²) in [6.45, 7) is 2.96. The average Bonchev–Trinajstić information content (AvgIpc) is 3.38. The summed E-state index contributed by atoms with van der Waals surface area (Å²) in [4.78, 5) is 27.8. The molecule has 1 aliphatic heterocycles. The summed E-state index contributed by atoms with van der Waals surface area (Å²) >= 11 is 7.27. The zero-order valence-electron chi connectivity index (χ0n) is 15.4. The van der Waals surface area contributed by atoms with Gasteiger partial charge in [0.05, 0.1) is 23.7 Å². The molecule has 0 bridgehead atoms. The maximum Gasteiger partial charge on any atom is 0.252 e. The topological polar surface area (TPSA) is 88.8 Å². The molecular formula is C18H20ClN7OS.